The van der Waals surface area contributed by atoms with Crippen molar-refractivity contribution in [2.24, 2.45) is 5.73 Å². The second kappa shape index (κ2) is 5.14. The van der Waals surface area contributed by atoms with Crippen molar-refractivity contribution >= 4 is 34.7 Å². The SMILES string of the molecule is Cc1nnc(Sc2ccc(Cl)cc2CN)s1. The molecular weight excluding hydrogens is 262 g/mol. The highest BCUT2D eigenvalue weighted by Crippen LogP contribution is 2.33. The topological polar surface area (TPSA) is 51.8 Å². The Balaban J connectivity index is 2.27. The fourth-order valence-corrected chi connectivity index (χ4v) is 3.31. The van der Waals surface area contributed by atoms with Crippen LogP contribution in [0, 0.1) is 6.92 Å². The summed E-state index contributed by atoms with van der Waals surface area (Å²) in [5.41, 5.74) is 6.71. The Morgan fingerprint density at radius 1 is 1.44 bits per heavy atom. The Bertz CT molecular complexity index is 499. The number of nitrogens with zero attached hydrogens (tertiary/aromatic N) is 2. The summed E-state index contributed by atoms with van der Waals surface area (Å²) < 4.78 is 0.925. The molecular formula is C10H10ClN3S2. The molecule has 0 aliphatic heterocycles. The highest BCUT2D eigenvalue weighted by Gasteiger charge is 2.07. The molecule has 2 N–H and O–H groups in total. The number of hydrogen-bond acceptors (Lipinski definition) is 5. The molecule has 0 aliphatic rings. The number of rotatable bonds is 3. The van der Waals surface area contributed by atoms with Gasteiger partial charge in [0.15, 0.2) is 4.34 Å². The normalized spacial score (nSPS) is 10.7. The maximum absolute atomic E-state index is 5.91. The van der Waals surface area contributed by atoms with Crippen LogP contribution in [0.2, 0.25) is 5.02 Å². The average Bonchev–Trinajstić information content (AvgIpc) is 2.67. The molecule has 1 aromatic carbocycles. The lowest BCUT2D eigenvalue weighted by atomic mass is 10.2. The van der Waals surface area contributed by atoms with E-state index < -0.39 is 0 Å². The summed E-state index contributed by atoms with van der Waals surface area (Å²) in [7, 11) is 0. The van der Waals surface area contributed by atoms with Crippen molar-refractivity contribution in [2.45, 2.75) is 22.7 Å². The predicted molar refractivity (Wildman–Crippen MR) is 68.1 cm³/mol. The maximum atomic E-state index is 5.91. The second-order valence-corrected chi connectivity index (χ2v) is 6.05. The van der Waals surface area contributed by atoms with E-state index in [0.29, 0.717) is 11.6 Å². The Hall–Kier alpha value is -0.620. The first-order valence-electron chi connectivity index (χ1n) is 4.65. The fourth-order valence-electron chi connectivity index (χ4n) is 1.22. The van der Waals surface area contributed by atoms with Gasteiger partial charge in [-0.2, -0.15) is 0 Å². The molecule has 84 valence electrons. The summed E-state index contributed by atoms with van der Waals surface area (Å²) in [5.74, 6) is 0. The largest absolute Gasteiger partial charge is 0.326 e. The average molecular weight is 272 g/mol. The van der Waals surface area contributed by atoms with Crippen molar-refractivity contribution in [3.8, 4) is 0 Å². The van der Waals surface area contributed by atoms with E-state index in [4.69, 9.17) is 17.3 Å². The van der Waals surface area contributed by atoms with Gasteiger partial charge >= 0.3 is 0 Å². The van der Waals surface area contributed by atoms with Crippen molar-refractivity contribution in [3.05, 3.63) is 33.8 Å². The number of nitrogens with two attached hydrogens (primary N) is 1. The molecule has 0 aliphatic carbocycles. The van der Waals surface area contributed by atoms with Gasteiger partial charge in [-0.15, -0.1) is 10.2 Å². The molecule has 0 amide bonds. The van der Waals surface area contributed by atoms with Crippen LogP contribution >= 0.6 is 34.7 Å². The molecule has 6 heteroatoms. The number of halogens is 1. The summed E-state index contributed by atoms with van der Waals surface area (Å²) in [6.45, 7) is 2.41. The third-order valence-electron chi connectivity index (χ3n) is 1.95. The molecule has 0 saturated carbocycles. The zero-order valence-corrected chi connectivity index (χ0v) is 11.0. The first kappa shape index (κ1) is 11.9. The van der Waals surface area contributed by atoms with Crippen molar-refractivity contribution in [1.29, 1.82) is 0 Å². The van der Waals surface area contributed by atoms with Gasteiger partial charge < -0.3 is 5.73 Å². The van der Waals surface area contributed by atoms with Crippen LogP contribution < -0.4 is 5.73 Å². The van der Waals surface area contributed by atoms with Crippen LogP contribution in [0.3, 0.4) is 0 Å². The standard InChI is InChI=1S/C10H10ClN3S2/c1-6-13-14-10(15-6)16-9-3-2-8(11)4-7(9)5-12/h2-4H,5,12H2,1H3. The van der Waals surface area contributed by atoms with E-state index in [0.717, 1.165) is 19.8 Å². The monoisotopic (exact) mass is 271 g/mol. The highest BCUT2D eigenvalue weighted by molar-refractivity contribution is 8.01. The first-order valence-corrected chi connectivity index (χ1v) is 6.66. The minimum absolute atomic E-state index is 0.473. The van der Waals surface area contributed by atoms with Gasteiger partial charge in [-0.3, -0.25) is 0 Å². The van der Waals surface area contributed by atoms with Gasteiger partial charge in [0.25, 0.3) is 0 Å². The molecule has 16 heavy (non-hydrogen) atoms. The number of aryl methyl sites for hydroxylation is 1. The number of benzene rings is 1. The summed E-state index contributed by atoms with van der Waals surface area (Å²) >= 11 is 9.06. The van der Waals surface area contributed by atoms with Gasteiger partial charge in [0.1, 0.15) is 5.01 Å². The molecule has 0 radical (unpaired) electrons. The van der Waals surface area contributed by atoms with E-state index in [1.165, 1.54) is 0 Å². The van der Waals surface area contributed by atoms with E-state index in [1.807, 2.05) is 25.1 Å². The lowest BCUT2D eigenvalue weighted by Crippen LogP contribution is -1.98. The molecule has 2 aromatic rings. The van der Waals surface area contributed by atoms with Crippen molar-refractivity contribution in [3.63, 3.8) is 0 Å². The quantitative estimate of drug-likeness (QED) is 0.932. The van der Waals surface area contributed by atoms with Crippen molar-refractivity contribution < 1.29 is 0 Å². The molecule has 0 atom stereocenters. The molecule has 3 nitrogen and oxygen atoms in total. The van der Waals surface area contributed by atoms with Crippen LogP contribution in [0.4, 0.5) is 0 Å². The van der Waals surface area contributed by atoms with E-state index >= 15 is 0 Å². The summed E-state index contributed by atoms with van der Waals surface area (Å²) in [4.78, 5) is 1.09. The van der Waals surface area contributed by atoms with E-state index in [1.54, 1.807) is 23.1 Å². The zero-order valence-electron chi connectivity index (χ0n) is 8.61. The van der Waals surface area contributed by atoms with Crippen LogP contribution in [0.15, 0.2) is 27.4 Å². The molecule has 0 fully saturated rings. The van der Waals surface area contributed by atoms with Crippen LogP contribution in [-0.4, -0.2) is 10.2 Å². The van der Waals surface area contributed by atoms with Gasteiger partial charge in [-0.1, -0.05) is 34.7 Å². The molecule has 0 saturated heterocycles. The Labute approximate surface area is 107 Å². The van der Waals surface area contributed by atoms with Crippen LogP contribution in [-0.2, 0) is 6.54 Å². The van der Waals surface area contributed by atoms with Gasteiger partial charge in [0.2, 0.25) is 0 Å². The number of hydrogen-bond donors (Lipinski definition) is 1. The molecule has 0 spiro atoms. The third kappa shape index (κ3) is 2.74. The molecule has 1 aromatic heterocycles. The lowest BCUT2D eigenvalue weighted by Gasteiger charge is -2.05. The Morgan fingerprint density at radius 2 is 2.25 bits per heavy atom. The van der Waals surface area contributed by atoms with Crippen LogP contribution in [0.5, 0.6) is 0 Å². The summed E-state index contributed by atoms with van der Waals surface area (Å²) in [5, 5.41) is 9.71. The third-order valence-corrected chi connectivity index (χ3v) is 4.19. The minimum atomic E-state index is 0.473. The Morgan fingerprint density at radius 3 is 2.88 bits per heavy atom. The Kier molecular flexibility index (Phi) is 3.81. The molecule has 2 rings (SSSR count). The van der Waals surface area contributed by atoms with Crippen molar-refractivity contribution in [2.75, 3.05) is 0 Å². The highest BCUT2D eigenvalue weighted by atomic mass is 35.5. The zero-order chi connectivity index (χ0) is 11.5. The number of aromatic nitrogens is 2. The minimum Gasteiger partial charge on any atom is -0.326 e. The van der Waals surface area contributed by atoms with Gasteiger partial charge in [0, 0.05) is 16.5 Å². The predicted octanol–water partition coefficient (Wildman–Crippen LogP) is 3.11. The van der Waals surface area contributed by atoms with E-state index in [-0.39, 0.29) is 0 Å². The van der Waals surface area contributed by atoms with Crippen molar-refractivity contribution in [1.82, 2.24) is 10.2 Å². The first-order chi connectivity index (χ1) is 7.69. The van der Waals surface area contributed by atoms with E-state index in [2.05, 4.69) is 10.2 Å². The van der Waals surface area contributed by atoms with Crippen LogP contribution in [0.25, 0.3) is 0 Å². The van der Waals surface area contributed by atoms with Gasteiger partial charge in [-0.05, 0) is 30.7 Å². The molecule has 1 heterocycles. The smallest absolute Gasteiger partial charge is 0.179 e. The van der Waals surface area contributed by atoms with Gasteiger partial charge in [0.05, 0.1) is 0 Å². The van der Waals surface area contributed by atoms with Crippen LogP contribution in [0.1, 0.15) is 10.6 Å². The lowest BCUT2D eigenvalue weighted by molar-refractivity contribution is 0.979. The van der Waals surface area contributed by atoms with Gasteiger partial charge in [-0.25, -0.2) is 0 Å². The summed E-state index contributed by atoms with van der Waals surface area (Å²) in [6, 6.07) is 5.71. The summed E-state index contributed by atoms with van der Waals surface area (Å²) in [6.07, 6.45) is 0. The molecule has 0 bridgehead atoms. The van der Waals surface area contributed by atoms with E-state index in [9.17, 15) is 0 Å². The maximum Gasteiger partial charge on any atom is 0.179 e. The fraction of sp³-hybridized carbons (Fsp3) is 0.200. The second-order valence-electron chi connectivity index (χ2n) is 3.15. The molecule has 0 unspecified atom stereocenters.